The third-order valence-electron chi connectivity index (χ3n) is 4.76. The van der Waals surface area contributed by atoms with Crippen molar-refractivity contribution < 1.29 is 5.11 Å². The highest BCUT2D eigenvalue weighted by Gasteiger charge is 2.45. The van der Waals surface area contributed by atoms with E-state index in [0.717, 1.165) is 24.7 Å². The molecule has 2 saturated carbocycles. The third-order valence-corrected chi connectivity index (χ3v) is 4.76. The first-order valence-electron chi connectivity index (χ1n) is 5.81. The fourth-order valence-corrected chi connectivity index (χ4v) is 3.57. The Balaban J connectivity index is 2.15. The Morgan fingerprint density at radius 2 is 2.00 bits per heavy atom. The van der Waals surface area contributed by atoms with Crippen LogP contribution in [-0.4, -0.2) is 11.2 Å². The molecule has 4 unspecified atom stereocenters. The van der Waals surface area contributed by atoms with Gasteiger partial charge in [0, 0.05) is 0 Å². The average Bonchev–Trinajstić information content (AvgIpc) is 2.07. The zero-order valence-electron chi connectivity index (χ0n) is 8.92. The second-order valence-corrected chi connectivity index (χ2v) is 5.47. The van der Waals surface area contributed by atoms with Crippen molar-refractivity contribution in [2.45, 2.75) is 58.5 Å². The van der Waals surface area contributed by atoms with Crippen LogP contribution in [0.2, 0.25) is 0 Å². The van der Waals surface area contributed by atoms with Crippen LogP contribution in [0.4, 0.5) is 0 Å². The monoisotopic (exact) mass is 182 g/mol. The number of aliphatic hydroxyl groups excluding tert-OH is 1. The molecule has 0 saturated heterocycles. The zero-order valence-corrected chi connectivity index (χ0v) is 8.92. The van der Waals surface area contributed by atoms with Gasteiger partial charge in [0.05, 0.1) is 6.10 Å². The Bertz CT molecular complexity index is 190. The van der Waals surface area contributed by atoms with Crippen LogP contribution >= 0.6 is 0 Å². The van der Waals surface area contributed by atoms with Crippen LogP contribution < -0.4 is 0 Å². The quantitative estimate of drug-likeness (QED) is 0.610. The predicted molar refractivity (Wildman–Crippen MR) is 54.5 cm³/mol. The van der Waals surface area contributed by atoms with Gasteiger partial charge in [-0.05, 0) is 42.9 Å². The highest BCUT2D eigenvalue weighted by atomic mass is 16.3. The molecule has 0 radical (unpaired) electrons. The lowest BCUT2D eigenvalue weighted by atomic mass is 9.55. The molecule has 2 rings (SSSR count). The first-order chi connectivity index (χ1) is 6.13. The van der Waals surface area contributed by atoms with E-state index in [1.165, 1.54) is 25.7 Å². The van der Waals surface area contributed by atoms with Gasteiger partial charge in [0.1, 0.15) is 0 Å². The molecule has 4 atom stereocenters. The van der Waals surface area contributed by atoms with Gasteiger partial charge >= 0.3 is 0 Å². The van der Waals surface area contributed by atoms with Gasteiger partial charge in [0.2, 0.25) is 0 Å². The van der Waals surface area contributed by atoms with Gasteiger partial charge in [-0.3, -0.25) is 0 Å². The number of hydrogen-bond acceptors (Lipinski definition) is 1. The molecular weight excluding hydrogens is 160 g/mol. The molecule has 2 fully saturated rings. The van der Waals surface area contributed by atoms with Gasteiger partial charge in [0.25, 0.3) is 0 Å². The molecule has 0 bridgehead atoms. The summed E-state index contributed by atoms with van der Waals surface area (Å²) in [5.41, 5.74) is 0.553. The minimum absolute atomic E-state index is 0.00817. The molecule has 0 aromatic heterocycles. The van der Waals surface area contributed by atoms with Crippen LogP contribution in [0.5, 0.6) is 0 Å². The van der Waals surface area contributed by atoms with E-state index in [-0.39, 0.29) is 6.10 Å². The number of hydrogen-bond donors (Lipinski definition) is 1. The highest BCUT2D eigenvalue weighted by Crippen LogP contribution is 2.52. The number of rotatable bonds is 0. The van der Waals surface area contributed by atoms with Crippen molar-refractivity contribution in [3.05, 3.63) is 0 Å². The van der Waals surface area contributed by atoms with Crippen LogP contribution in [0.15, 0.2) is 0 Å². The van der Waals surface area contributed by atoms with E-state index in [1.54, 1.807) is 0 Å². The first-order valence-corrected chi connectivity index (χ1v) is 5.81. The van der Waals surface area contributed by atoms with Crippen molar-refractivity contribution in [2.75, 3.05) is 0 Å². The molecule has 2 aliphatic rings. The smallest absolute Gasteiger partial charge is 0.0545 e. The maximum Gasteiger partial charge on any atom is 0.0545 e. The molecule has 0 spiro atoms. The summed E-state index contributed by atoms with van der Waals surface area (Å²) >= 11 is 0. The van der Waals surface area contributed by atoms with Crippen LogP contribution in [-0.2, 0) is 0 Å². The number of fused-ring (bicyclic) bond motifs is 1. The van der Waals surface area contributed by atoms with Crippen molar-refractivity contribution in [2.24, 2.45) is 17.3 Å². The van der Waals surface area contributed by atoms with E-state index in [4.69, 9.17) is 0 Å². The highest BCUT2D eigenvalue weighted by molar-refractivity contribution is 4.95. The molecular formula is C12H22O. The summed E-state index contributed by atoms with van der Waals surface area (Å²) in [4.78, 5) is 0. The van der Waals surface area contributed by atoms with Gasteiger partial charge in [-0.15, -0.1) is 0 Å². The molecule has 1 N–H and O–H groups in total. The fraction of sp³-hybridized carbons (Fsp3) is 1.00. The first kappa shape index (κ1) is 9.51. The molecule has 0 heterocycles. The van der Waals surface area contributed by atoms with Crippen LogP contribution in [0.3, 0.4) is 0 Å². The van der Waals surface area contributed by atoms with E-state index in [2.05, 4.69) is 13.8 Å². The fourth-order valence-electron chi connectivity index (χ4n) is 3.57. The topological polar surface area (TPSA) is 20.2 Å². The van der Waals surface area contributed by atoms with E-state index in [0.29, 0.717) is 5.41 Å². The standard InChI is InChI=1S/C12H22O/c1-9-7-11(13)8-10-5-3-4-6-12(9,10)2/h9-11,13H,3-8H2,1-2H3. The minimum Gasteiger partial charge on any atom is -0.393 e. The van der Waals surface area contributed by atoms with Crippen LogP contribution in [0.1, 0.15) is 52.4 Å². The summed E-state index contributed by atoms with van der Waals surface area (Å²) in [6.07, 6.45) is 7.65. The van der Waals surface area contributed by atoms with Crippen molar-refractivity contribution in [3.63, 3.8) is 0 Å². The zero-order chi connectivity index (χ0) is 9.47. The van der Waals surface area contributed by atoms with Gasteiger partial charge in [-0.2, -0.15) is 0 Å². The minimum atomic E-state index is -0.00817. The summed E-state index contributed by atoms with van der Waals surface area (Å²) in [5.74, 6) is 1.53. The van der Waals surface area contributed by atoms with E-state index in [9.17, 15) is 5.11 Å². The molecule has 0 aliphatic heterocycles. The Hall–Kier alpha value is -0.0400. The van der Waals surface area contributed by atoms with E-state index in [1.807, 2.05) is 0 Å². The molecule has 0 amide bonds. The molecule has 1 heteroatoms. The second kappa shape index (κ2) is 3.27. The normalized spacial score (nSPS) is 51.5. The van der Waals surface area contributed by atoms with Gasteiger partial charge in [-0.25, -0.2) is 0 Å². The maximum absolute atomic E-state index is 9.73. The lowest BCUT2D eigenvalue weighted by molar-refractivity contribution is -0.0495. The second-order valence-electron chi connectivity index (χ2n) is 5.47. The average molecular weight is 182 g/mol. The third kappa shape index (κ3) is 1.52. The van der Waals surface area contributed by atoms with E-state index >= 15 is 0 Å². The van der Waals surface area contributed by atoms with Gasteiger partial charge in [-0.1, -0.05) is 26.7 Å². The number of aliphatic hydroxyl groups is 1. The maximum atomic E-state index is 9.73. The molecule has 76 valence electrons. The molecule has 1 nitrogen and oxygen atoms in total. The lowest BCUT2D eigenvalue weighted by Gasteiger charge is -2.51. The molecule has 0 aromatic rings. The molecule has 2 aliphatic carbocycles. The lowest BCUT2D eigenvalue weighted by Crippen LogP contribution is -2.44. The summed E-state index contributed by atoms with van der Waals surface area (Å²) in [5, 5.41) is 9.73. The van der Waals surface area contributed by atoms with E-state index < -0.39 is 0 Å². The van der Waals surface area contributed by atoms with Crippen LogP contribution in [0, 0.1) is 17.3 Å². The Kier molecular flexibility index (Phi) is 2.39. The SMILES string of the molecule is CC1CC(O)CC2CCCCC12C. The van der Waals surface area contributed by atoms with Gasteiger partial charge < -0.3 is 5.11 Å². The van der Waals surface area contributed by atoms with Crippen LogP contribution in [0.25, 0.3) is 0 Å². The summed E-state index contributed by atoms with van der Waals surface area (Å²) in [6, 6.07) is 0. The molecule has 0 aromatic carbocycles. The molecule has 13 heavy (non-hydrogen) atoms. The summed E-state index contributed by atoms with van der Waals surface area (Å²) in [7, 11) is 0. The Morgan fingerprint density at radius 3 is 2.77 bits per heavy atom. The van der Waals surface area contributed by atoms with Gasteiger partial charge in [0.15, 0.2) is 0 Å². The predicted octanol–water partition coefficient (Wildman–Crippen LogP) is 2.97. The van der Waals surface area contributed by atoms with Crippen molar-refractivity contribution in [1.29, 1.82) is 0 Å². The Labute approximate surface area is 81.5 Å². The summed E-state index contributed by atoms with van der Waals surface area (Å²) in [6.45, 7) is 4.79. The van der Waals surface area contributed by atoms with Crippen molar-refractivity contribution in [1.82, 2.24) is 0 Å². The summed E-state index contributed by atoms with van der Waals surface area (Å²) < 4.78 is 0. The van der Waals surface area contributed by atoms with Crippen molar-refractivity contribution >= 4 is 0 Å². The Morgan fingerprint density at radius 1 is 1.23 bits per heavy atom. The van der Waals surface area contributed by atoms with Crippen molar-refractivity contribution in [3.8, 4) is 0 Å². The largest absolute Gasteiger partial charge is 0.393 e.